The first-order valence-electron chi connectivity index (χ1n) is 11.4. The van der Waals surface area contributed by atoms with Gasteiger partial charge in [0.05, 0.1) is 0 Å². The van der Waals surface area contributed by atoms with Crippen LogP contribution in [0.4, 0.5) is 0 Å². The third-order valence-corrected chi connectivity index (χ3v) is 6.09. The Bertz CT molecular complexity index is 1210. The van der Waals surface area contributed by atoms with E-state index in [1.54, 1.807) is 30.5 Å². The zero-order valence-electron chi connectivity index (χ0n) is 19.8. The van der Waals surface area contributed by atoms with Gasteiger partial charge in [-0.2, -0.15) is 0 Å². The van der Waals surface area contributed by atoms with Crippen LogP contribution in [0.1, 0.15) is 34.9 Å². The number of fused-ring (bicyclic) bond motifs is 1. The maximum Gasteiger partial charge on any atom is 0.287 e. The molecule has 1 aliphatic rings. The number of furan rings is 1. The smallest absolute Gasteiger partial charge is 0.287 e. The molecule has 1 aliphatic heterocycles. The van der Waals surface area contributed by atoms with Crippen molar-refractivity contribution in [3.8, 4) is 11.5 Å². The van der Waals surface area contributed by atoms with Gasteiger partial charge in [-0.1, -0.05) is 13.8 Å². The van der Waals surface area contributed by atoms with E-state index in [0.29, 0.717) is 30.2 Å². The second-order valence-electron chi connectivity index (χ2n) is 8.91. The van der Waals surface area contributed by atoms with Gasteiger partial charge in [0.1, 0.15) is 17.4 Å². The number of hydrogen-bond donors (Lipinski definition) is 3. The molecule has 1 atom stereocenters. The van der Waals surface area contributed by atoms with Crippen molar-refractivity contribution in [1.29, 1.82) is 0 Å². The Morgan fingerprint density at radius 2 is 1.85 bits per heavy atom. The van der Waals surface area contributed by atoms with Crippen molar-refractivity contribution in [2.24, 2.45) is 5.92 Å². The fourth-order valence-electron chi connectivity index (χ4n) is 3.96. The van der Waals surface area contributed by atoms with Crippen LogP contribution in [0.3, 0.4) is 0 Å². The van der Waals surface area contributed by atoms with Crippen molar-refractivity contribution in [2.75, 3.05) is 40.3 Å². The molecular weight excluding hydrogens is 436 g/mol. The highest BCUT2D eigenvalue weighted by Crippen LogP contribution is 2.25. The molecular formula is C24H30N6O4. The minimum atomic E-state index is -0.671. The first kappa shape index (κ1) is 23.5. The van der Waals surface area contributed by atoms with Crippen molar-refractivity contribution in [1.82, 2.24) is 30.4 Å². The summed E-state index contributed by atoms with van der Waals surface area (Å²) in [5.41, 5.74) is 1.80. The van der Waals surface area contributed by atoms with Crippen molar-refractivity contribution in [2.45, 2.75) is 19.9 Å². The average molecular weight is 467 g/mol. The van der Waals surface area contributed by atoms with Gasteiger partial charge in [-0.3, -0.25) is 19.4 Å². The quantitative estimate of drug-likeness (QED) is 0.508. The van der Waals surface area contributed by atoms with Crippen molar-refractivity contribution >= 4 is 28.6 Å². The monoisotopic (exact) mass is 466 g/mol. The van der Waals surface area contributed by atoms with Crippen LogP contribution in [0, 0.1) is 5.92 Å². The van der Waals surface area contributed by atoms with E-state index in [1.807, 2.05) is 25.8 Å². The topological polar surface area (TPSA) is 124 Å². The SMILES string of the molecule is CNC(=O)[C@@H](NC(=O)c1ccc(-c2cc3[nH]c(C(=O)N4CCN(C)CC4)cc3cn2)o1)C(C)C. The molecule has 0 radical (unpaired) electrons. The Balaban J connectivity index is 1.50. The van der Waals surface area contributed by atoms with E-state index in [2.05, 4.69) is 25.5 Å². The molecule has 0 spiro atoms. The predicted molar refractivity (Wildman–Crippen MR) is 127 cm³/mol. The van der Waals surface area contributed by atoms with Crippen molar-refractivity contribution in [3.05, 3.63) is 41.9 Å². The summed E-state index contributed by atoms with van der Waals surface area (Å²) in [6.45, 7) is 6.81. The molecule has 1 saturated heterocycles. The number of pyridine rings is 1. The Morgan fingerprint density at radius 3 is 2.53 bits per heavy atom. The summed E-state index contributed by atoms with van der Waals surface area (Å²) < 4.78 is 5.73. The molecule has 3 N–H and O–H groups in total. The van der Waals surface area contributed by atoms with Gasteiger partial charge in [-0.15, -0.1) is 0 Å². The number of likely N-dealkylation sites (N-methyl/N-ethyl adjacent to an activating group) is 2. The molecule has 10 heteroatoms. The molecule has 3 aromatic rings. The van der Waals surface area contributed by atoms with Gasteiger partial charge in [-0.25, -0.2) is 0 Å². The van der Waals surface area contributed by atoms with E-state index < -0.39 is 11.9 Å². The lowest BCUT2D eigenvalue weighted by Gasteiger charge is -2.32. The van der Waals surface area contributed by atoms with Crippen LogP contribution in [-0.2, 0) is 4.79 Å². The van der Waals surface area contributed by atoms with Gasteiger partial charge in [0, 0.05) is 50.3 Å². The molecule has 0 bridgehead atoms. The molecule has 3 amide bonds. The van der Waals surface area contributed by atoms with Crippen LogP contribution in [0.5, 0.6) is 0 Å². The molecule has 3 aromatic heterocycles. The van der Waals surface area contributed by atoms with Gasteiger partial charge < -0.3 is 29.8 Å². The Labute approximate surface area is 197 Å². The summed E-state index contributed by atoms with van der Waals surface area (Å²) in [5, 5.41) is 6.08. The molecule has 34 heavy (non-hydrogen) atoms. The average Bonchev–Trinajstić information content (AvgIpc) is 3.48. The maximum absolute atomic E-state index is 12.9. The molecule has 0 aromatic carbocycles. The number of nitrogens with one attached hydrogen (secondary N) is 3. The molecule has 1 fully saturated rings. The zero-order chi connectivity index (χ0) is 24.4. The van der Waals surface area contributed by atoms with Crippen molar-refractivity contribution in [3.63, 3.8) is 0 Å². The lowest BCUT2D eigenvalue weighted by molar-refractivity contribution is -0.123. The van der Waals surface area contributed by atoms with E-state index in [4.69, 9.17) is 4.42 Å². The molecule has 0 saturated carbocycles. The van der Waals surface area contributed by atoms with Gasteiger partial charge in [0.2, 0.25) is 5.91 Å². The van der Waals surface area contributed by atoms with Crippen LogP contribution in [-0.4, -0.2) is 83.8 Å². The molecule has 4 heterocycles. The molecule has 10 nitrogen and oxygen atoms in total. The Kier molecular flexibility index (Phi) is 6.69. The highest BCUT2D eigenvalue weighted by atomic mass is 16.4. The second-order valence-corrected chi connectivity index (χ2v) is 8.91. The first-order valence-corrected chi connectivity index (χ1v) is 11.4. The summed E-state index contributed by atoms with van der Waals surface area (Å²) in [6, 6.07) is 6.13. The van der Waals surface area contributed by atoms with E-state index >= 15 is 0 Å². The lowest BCUT2D eigenvalue weighted by atomic mass is 10.0. The first-order chi connectivity index (χ1) is 16.3. The number of amides is 3. The summed E-state index contributed by atoms with van der Waals surface area (Å²) >= 11 is 0. The molecule has 180 valence electrons. The van der Waals surface area contributed by atoms with E-state index in [-0.39, 0.29) is 23.5 Å². The number of aromatic nitrogens is 2. The highest BCUT2D eigenvalue weighted by Gasteiger charge is 2.25. The van der Waals surface area contributed by atoms with E-state index in [9.17, 15) is 14.4 Å². The zero-order valence-corrected chi connectivity index (χ0v) is 19.8. The predicted octanol–water partition coefficient (Wildman–Crippen LogP) is 1.71. The third-order valence-electron chi connectivity index (χ3n) is 6.09. The van der Waals surface area contributed by atoms with Gasteiger partial charge in [0.15, 0.2) is 11.5 Å². The number of aromatic amines is 1. The second kappa shape index (κ2) is 9.68. The standard InChI is InChI=1S/C24H30N6O4/c1-14(2)21(23(32)25-3)28-22(31)20-6-5-19(34-20)17-12-16-15(13-26-17)11-18(27-16)24(33)30-9-7-29(4)8-10-30/h5-6,11-14,21,27H,7-10H2,1-4H3,(H,25,32)(H,28,31)/t21-/m0/s1. The number of carbonyl (C=O) groups is 3. The highest BCUT2D eigenvalue weighted by molar-refractivity contribution is 5.99. The van der Waals surface area contributed by atoms with Crippen LogP contribution in [0.15, 0.2) is 34.9 Å². The van der Waals surface area contributed by atoms with Gasteiger partial charge in [-0.05, 0) is 37.2 Å². The largest absolute Gasteiger partial charge is 0.449 e. The van der Waals surface area contributed by atoms with Crippen LogP contribution >= 0.6 is 0 Å². The van der Waals surface area contributed by atoms with Crippen LogP contribution in [0.25, 0.3) is 22.4 Å². The number of H-pyrrole nitrogens is 1. The summed E-state index contributed by atoms with van der Waals surface area (Å²) in [5.74, 6) is -0.361. The minimum absolute atomic E-state index is 0.0290. The number of hydrogen-bond acceptors (Lipinski definition) is 6. The van der Waals surface area contributed by atoms with Gasteiger partial charge >= 0.3 is 0 Å². The Morgan fingerprint density at radius 1 is 1.12 bits per heavy atom. The molecule has 4 rings (SSSR count). The molecule has 0 unspecified atom stereocenters. The summed E-state index contributed by atoms with van der Waals surface area (Å²) in [6.07, 6.45) is 1.67. The van der Waals surface area contributed by atoms with Gasteiger partial charge in [0.25, 0.3) is 11.8 Å². The Hall–Kier alpha value is -3.66. The van der Waals surface area contributed by atoms with Crippen LogP contribution < -0.4 is 10.6 Å². The lowest BCUT2D eigenvalue weighted by Crippen LogP contribution is -2.48. The fourth-order valence-corrected chi connectivity index (χ4v) is 3.96. The number of rotatable bonds is 6. The normalized spacial score (nSPS) is 15.5. The third kappa shape index (κ3) is 4.81. The summed E-state index contributed by atoms with van der Waals surface area (Å²) in [7, 11) is 3.58. The fraction of sp³-hybridized carbons (Fsp3) is 0.417. The summed E-state index contributed by atoms with van der Waals surface area (Å²) in [4.78, 5) is 49.2. The van der Waals surface area contributed by atoms with E-state index in [1.165, 1.54) is 7.05 Å². The minimum Gasteiger partial charge on any atom is -0.449 e. The number of carbonyl (C=O) groups excluding carboxylic acids is 3. The van der Waals surface area contributed by atoms with E-state index in [0.717, 1.165) is 24.0 Å². The number of nitrogens with zero attached hydrogens (tertiary/aromatic N) is 3. The number of piperazine rings is 1. The molecule has 0 aliphatic carbocycles. The van der Waals surface area contributed by atoms with Crippen LogP contribution in [0.2, 0.25) is 0 Å². The van der Waals surface area contributed by atoms with Crippen molar-refractivity contribution < 1.29 is 18.8 Å². The maximum atomic E-state index is 12.9.